The molecule has 1 heterocycles. The van der Waals surface area contributed by atoms with E-state index in [1.165, 1.54) is 12.4 Å². The van der Waals surface area contributed by atoms with Gasteiger partial charge < -0.3 is 5.32 Å². The standard InChI is InChI=1S/C9H10Cl2N4O3S/c1-12-8(18)5-4-19-9(14-13-6(16)2-10)15(5)7(17)3-11/h4H,2-3H2,1H3,(H,12,18)(H,13,16). The van der Waals surface area contributed by atoms with Gasteiger partial charge in [-0.25, -0.2) is 9.99 Å². The molecule has 1 aromatic rings. The van der Waals surface area contributed by atoms with Crippen molar-refractivity contribution in [2.45, 2.75) is 0 Å². The van der Waals surface area contributed by atoms with E-state index in [4.69, 9.17) is 23.2 Å². The molecule has 0 radical (unpaired) electrons. The zero-order valence-electron chi connectivity index (χ0n) is 9.77. The van der Waals surface area contributed by atoms with Gasteiger partial charge in [-0.2, -0.15) is 0 Å². The minimum absolute atomic E-state index is 0.0945. The fraction of sp³-hybridized carbons (Fsp3) is 0.333. The number of carbonyl (C=O) groups is 3. The van der Waals surface area contributed by atoms with Crippen LogP contribution in [-0.2, 0) is 4.79 Å². The molecule has 10 heteroatoms. The molecular weight excluding hydrogens is 315 g/mol. The number of rotatable bonds is 4. The predicted octanol–water partition coefficient (Wildman–Crippen LogP) is -0.0411. The summed E-state index contributed by atoms with van der Waals surface area (Å²) >= 11 is 11.8. The van der Waals surface area contributed by atoms with E-state index in [-0.39, 0.29) is 22.3 Å². The Labute approximate surface area is 122 Å². The third kappa shape index (κ3) is 3.79. The summed E-state index contributed by atoms with van der Waals surface area (Å²) in [6, 6.07) is 0. The first-order chi connectivity index (χ1) is 9.04. The number of hydrogen-bond acceptors (Lipinski definition) is 5. The van der Waals surface area contributed by atoms with E-state index in [0.717, 1.165) is 15.9 Å². The van der Waals surface area contributed by atoms with Gasteiger partial charge >= 0.3 is 0 Å². The number of carbonyl (C=O) groups excluding carboxylic acids is 3. The van der Waals surface area contributed by atoms with E-state index in [9.17, 15) is 14.4 Å². The van der Waals surface area contributed by atoms with Gasteiger partial charge in [0, 0.05) is 12.4 Å². The van der Waals surface area contributed by atoms with Crippen molar-refractivity contribution >= 4 is 52.3 Å². The summed E-state index contributed by atoms with van der Waals surface area (Å²) in [5.74, 6) is -2.10. The molecular formula is C9H10Cl2N4O3S. The van der Waals surface area contributed by atoms with Crippen LogP contribution in [0.2, 0.25) is 0 Å². The molecule has 7 nitrogen and oxygen atoms in total. The van der Waals surface area contributed by atoms with Crippen molar-refractivity contribution in [3.63, 3.8) is 0 Å². The normalized spacial score (nSPS) is 11.2. The molecule has 1 rings (SSSR count). The maximum atomic E-state index is 11.7. The SMILES string of the molecule is CNC(=O)c1csc(=NNC(=O)CCl)n1C(=O)CCl. The van der Waals surface area contributed by atoms with Gasteiger partial charge in [-0.1, -0.05) is 0 Å². The van der Waals surface area contributed by atoms with Crippen molar-refractivity contribution in [3.05, 3.63) is 15.9 Å². The summed E-state index contributed by atoms with van der Waals surface area (Å²) in [6.45, 7) is 0. The van der Waals surface area contributed by atoms with E-state index < -0.39 is 17.7 Å². The van der Waals surface area contributed by atoms with Gasteiger partial charge in [-0.05, 0) is 0 Å². The Hall–Kier alpha value is -1.38. The van der Waals surface area contributed by atoms with Crippen molar-refractivity contribution in [2.24, 2.45) is 5.10 Å². The number of aromatic nitrogens is 1. The quantitative estimate of drug-likeness (QED) is 0.601. The van der Waals surface area contributed by atoms with Crippen molar-refractivity contribution < 1.29 is 14.4 Å². The predicted molar refractivity (Wildman–Crippen MR) is 71.5 cm³/mol. The van der Waals surface area contributed by atoms with Crippen molar-refractivity contribution in [1.29, 1.82) is 0 Å². The van der Waals surface area contributed by atoms with Gasteiger partial charge in [0.2, 0.25) is 10.7 Å². The number of amides is 2. The van der Waals surface area contributed by atoms with Gasteiger partial charge in [0.15, 0.2) is 0 Å². The molecule has 2 amide bonds. The van der Waals surface area contributed by atoms with Crippen LogP contribution >= 0.6 is 34.5 Å². The summed E-state index contributed by atoms with van der Waals surface area (Å²) in [4.78, 5) is 34.4. The highest BCUT2D eigenvalue weighted by Crippen LogP contribution is 2.02. The van der Waals surface area contributed by atoms with Crippen LogP contribution in [0.3, 0.4) is 0 Å². The zero-order chi connectivity index (χ0) is 14.4. The molecule has 2 N–H and O–H groups in total. The van der Waals surface area contributed by atoms with Crippen molar-refractivity contribution in [3.8, 4) is 0 Å². The Morgan fingerprint density at radius 3 is 2.58 bits per heavy atom. The molecule has 1 aromatic heterocycles. The maximum Gasteiger partial charge on any atom is 0.269 e. The molecule has 0 aromatic carbocycles. The molecule has 0 fully saturated rings. The van der Waals surface area contributed by atoms with Gasteiger partial charge in [-0.3, -0.25) is 14.4 Å². The third-order valence-electron chi connectivity index (χ3n) is 1.93. The second-order valence-corrected chi connectivity index (χ2v) is 4.50. The number of nitrogens with zero attached hydrogens (tertiary/aromatic N) is 2. The molecule has 0 aliphatic carbocycles. The van der Waals surface area contributed by atoms with Gasteiger partial charge in [0.1, 0.15) is 17.5 Å². The van der Waals surface area contributed by atoms with Crippen molar-refractivity contribution in [1.82, 2.24) is 15.3 Å². The lowest BCUT2D eigenvalue weighted by Gasteiger charge is -2.04. The Bertz CT molecular complexity index is 566. The highest BCUT2D eigenvalue weighted by molar-refractivity contribution is 7.07. The van der Waals surface area contributed by atoms with Crippen LogP contribution in [0.4, 0.5) is 0 Å². The lowest BCUT2D eigenvalue weighted by Crippen LogP contribution is -2.33. The molecule has 0 unspecified atom stereocenters. The van der Waals surface area contributed by atoms with Crippen LogP contribution in [0.5, 0.6) is 0 Å². The molecule has 0 aliphatic rings. The fourth-order valence-electron chi connectivity index (χ4n) is 1.12. The number of halogens is 2. The Morgan fingerprint density at radius 2 is 2.05 bits per heavy atom. The van der Waals surface area contributed by atoms with E-state index in [0.29, 0.717) is 0 Å². The first-order valence-corrected chi connectivity index (χ1v) is 6.90. The van der Waals surface area contributed by atoms with Gasteiger partial charge in [0.25, 0.3) is 11.8 Å². The first-order valence-electron chi connectivity index (χ1n) is 4.95. The van der Waals surface area contributed by atoms with Crippen LogP contribution in [0, 0.1) is 0 Å². The maximum absolute atomic E-state index is 11.7. The van der Waals surface area contributed by atoms with E-state index in [1.54, 1.807) is 0 Å². The van der Waals surface area contributed by atoms with Crippen LogP contribution < -0.4 is 15.5 Å². The van der Waals surface area contributed by atoms with Crippen LogP contribution in [0.1, 0.15) is 15.3 Å². The summed E-state index contributed by atoms with van der Waals surface area (Å²) in [5.41, 5.74) is 2.25. The molecule has 0 spiro atoms. The number of thiazole rings is 1. The fourth-order valence-corrected chi connectivity index (χ4v) is 2.13. The molecule has 0 atom stereocenters. The summed E-state index contributed by atoms with van der Waals surface area (Å²) in [7, 11) is 1.43. The highest BCUT2D eigenvalue weighted by Gasteiger charge is 2.17. The molecule has 19 heavy (non-hydrogen) atoms. The minimum Gasteiger partial charge on any atom is -0.354 e. The third-order valence-corrected chi connectivity index (χ3v) is 3.23. The first kappa shape index (κ1) is 15.7. The number of hydrogen-bond donors (Lipinski definition) is 2. The Morgan fingerprint density at radius 1 is 1.37 bits per heavy atom. The van der Waals surface area contributed by atoms with Crippen LogP contribution in [0.25, 0.3) is 0 Å². The lowest BCUT2D eigenvalue weighted by atomic mass is 10.4. The number of nitrogens with one attached hydrogen (secondary N) is 2. The molecule has 0 aliphatic heterocycles. The summed E-state index contributed by atoms with van der Waals surface area (Å²) in [6.07, 6.45) is 0. The van der Waals surface area contributed by atoms with Crippen LogP contribution in [-0.4, -0.2) is 41.1 Å². The Balaban J connectivity index is 3.26. The van der Waals surface area contributed by atoms with Gasteiger partial charge in [-0.15, -0.1) is 39.6 Å². The monoisotopic (exact) mass is 324 g/mol. The minimum atomic E-state index is -0.527. The molecule has 0 saturated carbocycles. The van der Waals surface area contributed by atoms with Crippen LogP contribution in [0.15, 0.2) is 10.5 Å². The zero-order valence-corrected chi connectivity index (χ0v) is 12.1. The second-order valence-electron chi connectivity index (χ2n) is 3.13. The van der Waals surface area contributed by atoms with E-state index in [1.807, 2.05) is 0 Å². The summed E-state index contributed by atoms with van der Waals surface area (Å²) < 4.78 is 1.03. The number of alkyl halides is 2. The molecule has 0 bridgehead atoms. The Kier molecular flexibility index (Phi) is 6.00. The molecule has 0 saturated heterocycles. The van der Waals surface area contributed by atoms with Crippen molar-refractivity contribution in [2.75, 3.05) is 18.8 Å². The topological polar surface area (TPSA) is 92.6 Å². The van der Waals surface area contributed by atoms with E-state index >= 15 is 0 Å². The largest absolute Gasteiger partial charge is 0.354 e. The molecule has 104 valence electrons. The highest BCUT2D eigenvalue weighted by atomic mass is 35.5. The second kappa shape index (κ2) is 7.27. The lowest BCUT2D eigenvalue weighted by molar-refractivity contribution is -0.118. The van der Waals surface area contributed by atoms with E-state index in [2.05, 4.69) is 15.8 Å². The average Bonchev–Trinajstić information content (AvgIpc) is 2.86. The smallest absolute Gasteiger partial charge is 0.269 e. The average molecular weight is 325 g/mol. The summed E-state index contributed by atoms with van der Waals surface area (Å²) in [5, 5.41) is 7.55. The van der Waals surface area contributed by atoms with Gasteiger partial charge in [0.05, 0.1) is 0 Å².